The third-order valence-corrected chi connectivity index (χ3v) is 5.12. The maximum atomic E-state index is 12.4. The fraction of sp³-hybridized carbons (Fsp3) is 0.455. The minimum Gasteiger partial charge on any atom is -0.314 e. The molecule has 1 heterocycles. The fourth-order valence-corrected chi connectivity index (χ4v) is 3.69. The van der Waals surface area contributed by atoms with Crippen molar-refractivity contribution in [3.05, 3.63) is 34.4 Å². The summed E-state index contributed by atoms with van der Waals surface area (Å²) in [6, 6.07) is 4.85. The zero-order valence-corrected chi connectivity index (χ0v) is 11.3. The first kappa shape index (κ1) is 13.9. The molecule has 1 fully saturated rings. The third kappa shape index (κ3) is 2.75. The number of nitrogens with one attached hydrogen (secondary N) is 1. The van der Waals surface area contributed by atoms with Gasteiger partial charge in [0.25, 0.3) is 5.69 Å². The molecule has 1 aliphatic heterocycles. The molecular weight excluding hydrogens is 270 g/mol. The Labute approximate surface area is 111 Å². The van der Waals surface area contributed by atoms with Crippen LogP contribution in [0.15, 0.2) is 29.2 Å². The Balaban J connectivity index is 2.30. The highest BCUT2D eigenvalue weighted by molar-refractivity contribution is 7.89. The molecule has 0 aliphatic carbocycles. The predicted molar refractivity (Wildman–Crippen MR) is 69.3 cm³/mol. The van der Waals surface area contributed by atoms with E-state index < -0.39 is 14.9 Å². The zero-order valence-electron chi connectivity index (χ0n) is 10.4. The molecule has 1 unspecified atom stereocenters. The molecule has 19 heavy (non-hydrogen) atoms. The number of nitrogens with zero attached hydrogens (tertiary/aromatic N) is 2. The highest BCUT2D eigenvalue weighted by Gasteiger charge is 2.30. The summed E-state index contributed by atoms with van der Waals surface area (Å²) in [4.78, 5) is 10.1. The Morgan fingerprint density at radius 2 is 2.00 bits per heavy atom. The van der Waals surface area contributed by atoms with E-state index in [0.717, 1.165) is 0 Å². The van der Waals surface area contributed by atoms with Crippen molar-refractivity contribution in [2.75, 3.05) is 19.6 Å². The fourth-order valence-electron chi connectivity index (χ4n) is 2.05. The average molecular weight is 285 g/mol. The zero-order chi connectivity index (χ0) is 14.0. The predicted octanol–water partition coefficient (Wildman–Crippen LogP) is 0.577. The number of piperazine rings is 1. The molecular formula is C11H15N3O4S. The minimum absolute atomic E-state index is 0.0897. The van der Waals surface area contributed by atoms with Crippen molar-refractivity contribution >= 4 is 15.7 Å². The van der Waals surface area contributed by atoms with Crippen LogP contribution in [0.2, 0.25) is 0 Å². The van der Waals surface area contributed by atoms with E-state index in [1.165, 1.54) is 28.6 Å². The number of non-ortho nitro benzene ring substituents is 1. The van der Waals surface area contributed by atoms with Crippen LogP contribution in [0, 0.1) is 10.1 Å². The van der Waals surface area contributed by atoms with Crippen LogP contribution >= 0.6 is 0 Å². The van der Waals surface area contributed by atoms with E-state index in [1.54, 1.807) is 0 Å². The first-order valence-electron chi connectivity index (χ1n) is 5.90. The number of nitro groups is 1. The molecule has 1 saturated heterocycles. The summed E-state index contributed by atoms with van der Waals surface area (Å²) in [6.07, 6.45) is 0. The summed E-state index contributed by atoms with van der Waals surface area (Å²) in [5.74, 6) is 0. The van der Waals surface area contributed by atoms with Crippen LogP contribution in [0.1, 0.15) is 6.92 Å². The SMILES string of the molecule is CC1CNCCN1S(=O)(=O)c1ccc([N+](=O)[O-])cc1. The molecule has 1 aromatic carbocycles. The molecule has 1 atom stereocenters. The molecule has 1 N–H and O–H groups in total. The maximum Gasteiger partial charge on any atom is 0.269 e. The van der Waals surface area contributed by atoms with Crippen LogP contribution in [0.3, 0.4) is 0 Å². The number of rotatable bonds is 3. The van der Waals surface area contributed by atoms with Gasteiger partial charge in [-0.3, -0.25) is 10.1 Å². The van der Waals surface area contributed by atoms with Gasteiger partial charge in [-0.1, -0.05) is 0 Å². The van der Waals surface area contributed by atoms with Crippen LogP contribution in [-0.2, 0) is 10.0 Å². The minimum atomic E-state index is -3.58. The van der Waals surface area contributed by atoms with Gasteiger partial charge in [-0.15, -0.1) is 0 Å². The third-order valence-electron chi connectivity index (χ3n) is 3.09. The van der Waals surface area contributed by atoms with E-state index in [2.05, 4.69) is 5.32 Å². The quantitative estimate of drug-likeness (QED) is 0.647. The molecule has 1 aromatic rings. The normalized spacial score (nSPS) is 21.2. The first-order chi connectivity index (χ1) is 8.93. The van der Waals surface area contributed by atoms with E-state index in [0.29, 0.717) is 19.6 Å². The van der Waals surface area contributed by atoms with Crippen molar-refractivity contribution in [2.24, 2.45) is 0 Å². The van der Waals surface area contributed by atoms with Crippen LogP contribution in [-0.4, -0.2) is 43.3 Å². The van der Waals surface area contributed by atoms with Crippen molar-refractivity contribution in [2.45, 2.75) is 17.9 Å². The van der Waals surface area contributed by atoms with Crippen LogP contribution in [0.4, 0.5) is 5.69 Å². The van der Waals surface area contributed by atoms with Gasteiger partial charge in [0, 0.05) is 37.8 Å². The van der Waals surface area contributed by atoms with Gasteiger partial charge in [0.2, 0.25) is 10.0 Å². The second-order valence-corrected chi connectivity index (χ2v) is 6.31. The number of hydrogen-bond acceptors (Lipinski definition) is 5. The molecule has 0 bridgehead atoms. The number of sulfonamides is 1. The lowest BCUT2D eigenvalue weighted by molar-refractivity contribution is -0.384. The Bertz CT molecular complexity index is 570. The smallest absolute Gasteiger partial charge is 0.269 e. The summed E-state index contributed by atoms with van der Waals surface area (Å²) in [7, 11) is -3.58. The largest absolute Gasteiger partial charge is 0.314 e. The number of hydrogen-bond donors (Lipinski definition) is 1. The van der Waals surface area contributed by atoms with E-state index in [9.17, 15) is 18.5 Å². The lowest BCUT2D eigenvalue weighted by Gasteiger charge is -2.32. The topological polar surface area (TPSA) is 92.6 Å². The van der Waals surface area contributed by atoms with E-state index >= 15 is 0 Å². The lowest BCUT2D eigenvalue weighted by Crippen LogP contribution is -2.52. The lowest BCUT2D eigenvalue weighted by atomic mass is 10.3. The number of nitro benzene ring substituents is 1. The van der Waals surface area contributed by atoms with Gasteiger partial charge in [-0.25, -0.2) is 8.42 Å². The summed E-state index contributed by atoms with van der Waals surface area (Å²) >= 11 is 0. The highest BCUT2D eigenvalue weighted by Crippen LogP contribution is 2.21. The van der Waals surface area contributed by atoms with Gasteiger partial charge < -0.3 is 5.32 Å². The Morgan fingerprint density at radius 3 is 2.53 bits per heavy atom. The molecule has 7 nitrogen and oxygen atoms in total. The van der Waals surface area contributed by atoms with Gasteiger partial charge in [-0.2, -0.15) is 4.31 Å². The second-order valence-electron chi connectivity index (χ2n) is 4.42. The van der Waals surface area contributed by atoms with Crippen molar-refractivity contribution in [1.29, 1.82) is 0 Å². The summed E-state index contributed by atoms with van der Waals surface area (Å²) < 4.78 is 26.2. The maximum absolute atomic E-state index is 12.4. The Hall–Kier alpha value is -1.51. The molecule has 0 spiro atoms. The first-order valence-corrected chi connectivity index (χ1v) is 7.34. The summed E-state index contributed by atoms with van der Waals surface area (Å²) in [5, 5.41) is 13.7. The molecule has 0 amide bonds. The van der Waals surface area contributed by atoms with Crippen LogP contribution in [0.25, 0.3) is 0 Å². The van der Waals surface area contributed by atoms with E-state index in [1.807, 2.05) is 6.92 Å². The van der Waals surface area contributed by atoms with Crippen molar-refractivity contribution in [3.63, 3.8) is 0 Å². The molecule has 2 rings (SSSR count). The second kappa shape index (κ2) is 5.24. The molecule has 0 saturated carbocycles. The van der Waals surface area contributed by atoms with Crippen molar-refractivity contribution < 1.29 is 13.3 Å². The van der Waals surface area contributed by atoms with Gasteiger partial charge in [-0.05, 0) is 19.1 Å². The standard InChI is InChI=1S/C11H15N3O4S/c1-9-8-12-6-7-13(9)19(17,18)11-4-2-10(3-5-11)14(15)16/h2-5,9,12H,6-8H2,1H3. The highest BCUT2D eigenvalue weighted by atomic mass is 32.2. The number of benzene rings is 1. The van der Waals surface area contributed by atoms with Gasteiger partial charge >= 0.3 is 0 Å². The van der Waals surface area contributed by atoms with Gasteiger partial charge in [0.15, 0.2) is 0 Å². The average Bonchev–Trinajstić information content (AvgIpc) is 2.39. The molecule has 8 heteroatoms. The van der Waals surface area contributed by atoms with Crippen molar-refractivity contribution in [3.8, 4) is 0 Å². The van der Waals surface area contributed by atoms with E-state index in [4.69, 9.17) is 0 Å². The summed E-state index contributed by atoms with van der Waals surface area (Å²) in [5.41, 5.74) is -0.118. The van der Waals surface area contributed by atoms with Gasteiger partial charge in [0.05, 0.1) is 9.82 Å². The van der Waals surface area contributed by atoms with E-state index in [-0.39, 0.29) is 16.6 Å². The molecule has 104 valence electrons. The molecule has 1 aliphatic rings. The Kier molecular flexibility index (Phi) is 3.83. The molecule has 0 aromatic heterocycles. The summed E-state index contributed by atoms with van der Waals surface area (Å²) in [6.45, 7) is 3.44. The van der Waals surface area contributed by atoms with Crippen LogP contribution in [0.5, 0.6) is 0 Å². The van der Waals surface area contributed by atoms with Crippen molar-refractivity contribution in [1.82, 2.24) is 9.62 Å². The molecule has 0 radical (unpaired) electrons. The van der Waals surface area contributed by atoms with Gasteiger partial charge in [0.1, 0.15) is 0 Å². The van der Waals surface area contributed by atoms with Crippen LogP contribution < -0.4 is 5.32 Å². The monoisotopic (exact) mass is 285 g/mol. The Morgan fingerprint density at radius 1 is 1.37 bits per heavy atom.